The van der Waals surface area contributed by atoms with Gasteiger partial charge in [0, 0.05) is 26.7 Å². The molecule has 0 fully saturated rings. The predicted octanol–water partition coefficient (Wildman–Crippen LogP) is 2.36. The lowest BCUT2D eigenvalue weighted by atomic mass is 10.2. The molecule has 2 amide bonds. The van der Waals surface area contributed by atoms with E-state index in [2.05, 4.69) is 10.6 Å². The van der Waals surface area contributed by atoms with Gasteiger partial charge in [-0.05, 0) is 54.5 Å². The topological polar surface area (TPSA) is 79.9 Å². The molecule has 0 aliphatic rings. The number of hydrogen-bond donors (Lipinski definition) is 2. The minimum Gasteiger partial charge on any atom is -0.444 e. The number of nitrogens with one attached hydrogen (secondary N) is 2. The van der Waals surface area contributed by atoms with Crippen LogP contribution in [0.4, 0.5) is 9.59 Å². The van der Waals surface area contributed by atoms with Gasteiger partial charge in [-0.2, -0.15) is 0 Å². The third-order valence-electron chi connectivity index (χ3n) is 2.52. The van der Waals surface area contributed by atoms with Crippen LogP contribution in [0.3, 0.4) is 0 Å². The van der Waals surface area contributed by atoms with Crippen molar-refractivity contribution in [2.45, 2.75) is 59.2 Å². The first-order valence-electron chi connectivity index (χ1n) is 8.02. The molecule has 0 saturated heterocycles. The molecule has 0 spiro atoms. The maximum absolute atomic E-state index is 11.7. The lowest BCUT2D eigenvalue weighted by Gasteiger charge is -2.24. The fourth-order valence-electron chi connectivity index (χ4n) is 1.56. The van der Waals surface area contributed by atoms with E-state index in [4.69, 9.17) is 9.47 Å². The number of carbonyl (C=O) groups is 2. The molecule has 7 heteroatoms. The molecule has 2 N–H and O–H groups in total. The van der Waals surface area contributed by atoms with Crippen molar-refractivity contribution in [3.8, 4) is 0 Å². The molecule has 0 bridgehead atoms. The Morgan fingerprint density at radius 1 is 0.913 bits per heavy atom. The first kappa shape index (κ1) is 21.5. The zero-order valence-corrected chi connectivity index (χ0v) is 15.6. The standard InChI is InChI=1S/C16H33N3O4/c1-15(2,3)22-13(20)18-11-10-17-9-8-12-19(7)14(21)23-16(4,5)6/h17H,8-12H2,1-7H3,(H,18,20). The van der Waals surface area contributed by atoms with Gasteiger partial charge in [0.2, 0.25) is 0 Å². The van der Waals surface area contributed by atoms with Crippen molar-refractivity contribution in [3.05, 3.63) is 0 Å². The van der Waals surface area contributed by atoms with Crippen LogP contribution in [0.5, 0.6) is 0 Å². The van der Waals surface area contributed by atoms with Gasteiger partial charge in [-0.1, -0.05) is 0 Å². The first-order valence-corrected chi connectivity index (χ1v) is 8.02. The lowest BCUT2D eigenvalue weighted by Crippen LogP contribution is -2.37. The van der Waals surface area contributed by atoms with Crippen LogP contribution in [0, 0.1) is 0 Å². The Bertz CT molecular complexity index is 373. The number of hydrogen-bond acceptors (Lipinski definition) is 5. The van der Waals surface area contributed by atoms with Crippen LogP contribution >= 0.6 is 0 Å². The second kappa shape index (κ2) is 9.60. The number of carbonyl (C=O) groups excluding carboxylic acids is 2. The molecule has 7 nitrogen and oxygen atoms in total. The summed E-state index contributed by atoms with van der Waals surface area (Å²) in [5.74, 6) is 0. The van der Waals surface area contributed by atoms with Gasteiger partial charge in [0.25, 0.3) is 0 Å². The molecule has 136 valence electrons. The molecule has 0 aromatic rings. The normalized spacial score (nSPS) is 11.8. The van der Waals surface area contributed by atoms with Crippen LogP contribution in [0.1, 0.15) is 48.0 Å². The monoisotopic (exact) mass is 331 g/mol. The third-order valence-corrected chi connectivity index (χ3v) is 2.52. The highest BCUT2D eigenvalue weighted by atomic mass is 16.6. The van der Waals surface area contributed by atoms with Crippen molar-refractivity contribution in [3.63, 3.8) is 0 Å². The Balaban J connectivity index is 3.63. The fourth-order valence-corrected chi connectivity index (χ4v) is 1.56. The molecule has 0 atom stereocenters. The summed E-state index contributed by atoms with van der Waals surface area (Å²) in [7, 11) is 1.72. The molecule has 0 rings (SSSR count). The van der Waals surface area contributed by atoms with Gasteiger partial charge in [0.1, 0.15) is 11.2 Å². The number of rotatable bonds is 7. The molecular weight excluding hydrogens is 298 g/mol. The molecule has 0 heterocycles. The molecule has 23 heavy (non-hydrogen) atoms. The van der Waals surface area contributed by atoms with Crippen molar-refractivity contribution >= 4 is 12.2 Å². The Morgan fingerprint density at radius 3 is 2.00 bits per heavy atom. The van der Waals surface area contributed by atoms with Crippen LogP contribution in [0.25, 0.3) is 0 Å². The van der Waals surface area contributed by atoms with Gasteiger partial charge in [-0.3, -0.25) is 0 Å². The largest absolute Gasteiger partial charge is 0.444 e. The van der Waals surface area contributed by atoms with E-state index >= 15 is 0 Å². The average Bonchev–Trinajstić information content (AvgIpc) is 2.33. The van der Waals surface area contributed by atoms with E-state index in [1.807, 2.05) is 41.5 Å². The van der Waals surface area contributed by atoms with Crippen LogP contribution in [-0.4, -0.2) is 61.5 Å². The van der Waals surface area contributed by atoms with E-state index in [-0.39, 0.29) is 6.09 Å². The van der Waals surface area contributed by atoms with Gasteiger partial charge in [-0.15, -0.1) is 0 Å². The molecule has 0 unspecified atom stereocenters. The summed E-state index contributed by atoms with van der Waals surface area (Å²) >= 11 is 0. The second-order valence-electron chi connectivity index (χ2n) is 7.43. The molecule has 0 aliphatic carbocycles. The summed E-state index contributed by atoms with van der Waals surface area (Å²) in [6, 6.07) is 0. The van der Waals surface area contributed by atoms with Gasteiger partial charge in [0.15, 0.2) is 0 Å². The molecule has 0 aromatic carbocycles. The number of ether oxygens (including phenoxy) is 2. The highest BCUT2D eigenvalue weighted by molar-refractivity contribution is 5.68. The van der Waals surface area contributed by atoms with Crippen LogP contribution in [-0.2, 0) is 9.47 Å². The first-order chi connectivity index (χ1) is 10.4. The van der Waals surface area contributed by atoms with Gasteiger partial charge >= 0.3 is 12.2 Å². The number of alkyl carbamates (subject to hydrolysis) is 1. The summed E-state index contributed by atoms with van der Waals surface area (Å²) in [6.45, 7) is 13.5. The molecule has 0 radical (unpaired) electrons. The van der Waals surface area contributed by atoms with Gasteiger partial charge in [0.05, 0.1) is 0 Å². The molecule has 0 aromatic heterocycles. The predicted molar refractivity (Wildman–Crippen MR) is 90.6 cm³/mol. The van der Waals surface area contributed by atoms with E-state index in [0.717, 1.165) is 13.0 Å². The quantitative estimate of drug-likeness (QED) is 0.700. The Morgan fingerprint density at radius 2 is 1.48 bits per heavy atom. The molecule has 0 saturated carbocycles. The highest BCUT2D eigenvalue weighted by Gasteiger charge is 2.19. The van der Waals surface area contributed by atoms with Crippen molar-refractivity contribution in [1.82, 2.24) is 15.5 Å². The van der Waals surface area contributed by atoms with Gasteiger partial charge in [-0.25, -0.2) is 9.59 Å². The minimum absolute atomic E-state index is 0.316. The zero-order chi connectivity index (χ0) is 18.1. The third kappa shape index (κ3) is 13.9. The van der Waals surface area contributed by atoms with Crippen molar-refractivity contribution in [2.75, 3.05) is 33.2 Å². The van der Waals surface area contributed by atoms with Crippen LogP contribution in [0.15, 0.2) is 0 Å². The fraction of sp³-hybridized carbons (Fsp3) is 0.875. The molecular formula is C16H33N3O4. The Hall–Kier alpha value is -1.50. The van der Waals surface area contributed by atoms with Crippen LogP contribution in [0.2, 0.25) is 0 Å². The minimum atomic E-state index is -0.482. The smallest absolute Gasteiger partial charge is 0.410 e. The Kier molecular flexibility index (Phi) is 8.97. The molecule has 0 aliphatic heterocycles. The number of amides is 2. The summed E-state index contributed by atoms with van der Waals surface area (Å²) in [6.07, 6.45) is 0.0791. The summed E-state index contributed by atoms with van der Waals surface area (Å²) in [4.78, 5) is 24.7. The number of nitrogens with zero attached hydrogens (tertiary/aromatic N) is 1. The van der Waals surface area contributed by atoms with E-state index in [1.54, 1.807) is 11.9 Å². The maximum atomic E-state index is 11.7. The van der Waals surface area contributed by atoms with E-state index in [1.165, 1.54) is 0 Å². The van der Waals surface area contributed by atoms with E-state index in [0.29, 0.717) is 19.6 Å². The highest BCUT2D eigenvalue weighted by Crippen LogP contribution is 2.09. The van der Waals surface area contributed by atoms with Crippen molar-refractivity contribution in [1.29, 1.82) is 0 Å². The average molecular weight is 331 g/mol. The Labute approximate surface area is 140 Å². The lowest BCUT2D eigenvalue weighted by molar-refractivity contribution is 0.0296. The van der Waals surface area contributed by atoms with Gasteiger partial charge < -0.3 is 25.0 Å². The SMILES string of the molecule is CN(CCCNCCNC(=O)OC(C)(C)C)C(=O)OC(C)(C)C. The summed E-state index contributed by atoms with van der Waals surface area (Å²) in [5.41, 5.74) is -0.958. The van der Waals surface area contributed by atoms with E-state index < -0.39 is 17.3 Å². The van der Waals surface area contributed by atoms with Crippen molar-refractivity contribution in [2.24, 2.45) is 0 Å². The van der Waals surface area contributed by atoms with Crippen molar-refractivity contribution < 1.29 is 19.1 Å². The summed E-state index contributed by atoms with van der Waals surface area (Å²) in [5, 5.41) is 5.87. The maximum Gasteiger partial charge on any atom is 0.410 e. The summed E-state index contributed by atoms with van der Waals surface area (Å²) < 4.78 is 10.4. The second-order valence-corrected chi connectivity index (χ2v) is 7.43. The van der Waals surface area contributed by atoms with Crippen LogP contribution < -0.4 is 10.6 Å². The van der Waals surface area contributed by atoms with E-state index in [9.17, 15) is 9.59 Å². The zero-order valence-electron chi connectivity index (χ0n) is 15.6.